The van der Waals surface area contributed by atoms with Gasteiger partial charge in [-0.2, -0.15) is 0 Å². The van der Waals surface area contributed by atoms with Gasteiger partial charge in [-0.1, -0.05) is 47.0 Å². The summed E-state index contributed by atoms with van der Waals surface area (Å²) < 4.78 is 0. The first-order valence-electron chi connectivity index (χ1n) is 4.27. The van der Waals surface area contributed by atoms with E-state index < -0.39 is 0 Å². The van der Waals surface area contributed by atoms with Gasteiger partial charge in [-0.05, 0) is 0 Å². The Kier molecular flexibility index (Phi) is 5.43. The Morgan fingerprint density at radius 1 is 1.00 bits per heavy atom. The standard InChI is InChI=1S/C9H18N.Au.ClH/c1-8(2)6-5-7-9(3,4)10-8;;/h5-7H2,1-4H3;;1H/q-1;+1;/p-1. The third-order valence-electron chi connectivity index (χ3n) is 2.18. The first kappa shape index (κ1) is 13.0. The van der Waals surface area contributed by atoms with Crippen molar-refractivity contribution in [3.8, 4) is 0 Å². The Labute approximate surface area is 92.4 Å². The molecule has 1 heterocycles. The van der Waals surface area contributed by atoms with E-state index in [1.54, 1.807) is 20.0 Å². The van der Waals surface area contributed by atoms with E-state index in [-0.39, 0.29) is 11.1 Å². The predicted molar refractivity (Wildman–Crippen MR) is 51.2 cm³/mol. The third-order valence-corrected chi connectivity index (χ3v) is 2.18. The molecule has 0 N–H and O–H groups in total. The number of hydrogen-bond acceptors (Lipinski definition) is 0. The van der Waals surface area contributed by atoms with Gasteiger partial charge in [0.1, 0.15) is 0 Å². The summed E-state index contributed by atoms with van der Waals surface area (Å²) >= 11 is 1.75. The molecule has 0 atom stereocenters. The molecular formula is C9H18AuClN-. The second-order valence-corrected chi connectivity index (χ2v) is 4.59. The van der Waals surface area contributed by atoms with Gasteiger partial charge >= 0.3 is 29.2 Å². The van der Waals surface area contributed by atoms with Crippen molar-refractivity contribution in [2.75, 3.05) is 0 Å². The summed E-state index contributed by atoms with van der Waals surface area (Å²) in [5, 5.41) is 4.75. The molecule has 1 fully saturated rings. The third kappa shape index (κ3) is 4.88. The Bertz CT molecular complexity index is 120. The van der Waals surface area contributed by atoms with Crippen molar-refractivity contribution in [1.29, 1.82) is 0 Å². The number of rotatable bonds is 0. The number of piperidine rings is 1. The fraction of sp³-hybridized carbons (Fsp3) is 1.00. The van der Waals surface area contributed by atoms with E-state index in [0.717, 1.165) is 0 Å². The quantitative estimate of drug-likeness (QED) is 0.575. The fourth-order valence-electron chi connectivity index (χ4n) is 1.88. The van der Waals surface area contributed by atoms with Gasteiger partial charge in [-0.15, -0.1) is 11.1 Å². The molecule has 0 aromatic heterocycles. The molecule has 1 aliphatic heterocycles. The van der Waals surface area contributed by atoms with Crippen molar-refractivity contribution < 1.29 is 20.0 Å². The summed E-state index contributed by atoms with van der Waals surface area (Å²) in [7, 11) is 4.58. The van der Waals surface area contributed by atoms with Crippen LogP contribution < -0.4 is 0 Å². The molecule has 1 rings (SSSR count). The van der Waals surface area contributed by atoms with Crippen molar-refractivity contribution in [1.82, 2.24) is 0 Å². The number of halogens is 1. The average Bonchev–Trinajstić information content (AvgIpc) is 1.86. The molecule has 0 bridgehead atoms. The molecule has 0 unspecified atom stereocenters. The van der Waals surface area contributed by atoms with Crippen LogP contribution in [-0.4, -0.2) is 11.1 Å². The van der Waals surface area contributed by atoms with Gasteiger partial charge in [0, 0.05) is 0 Å². The van der Waals surface area contributed by atoms with Crippen LogP contribution in [0.3, 0.4) is 0 Å². The molecule has 0 aliphatic carbocycles. The topological polar surface area (TPSA) is 14.1 Å². The number of nitrogens with zero attached hydrogens (tertiary/aromatic N) is 1. The zero-order valence-corrected chi connectivity index (χ0v) is 11.2. The Balaban J connectivity index is 0.000000561. The van der Waals surface area contributed by atoms with Crippen LogP contribution in [-0.2, 0) is 20.0 Å². The zero-order chi connectivity index (χ0) is 9.83. The molecule has 12 heavy (non-hydrogen) atoms. The molecule has 1 aliphatic rings. The van der Waals surface area contributed by atoms with Crippen LogP contribution in [0.15, 0.2) is 0 Å². The van der Waals surface area contributed by atoms with Gasteiger partial charge in [0.05, 0.1) is 0 Å². The normalized spacial score (nSPS) is 25.6. The summed E-state index contributed by atoms with van der Waals surface area (Å²) in [6.45, 7) is 8.92. The summed E-state index contributed by atoms with van der Waals surface area (Å²) in [5.41, 5.74) is 0.476. The van der Waals surface area contributed by atoms with E-state index in [1.165, 1.54) is 19.3 Å². The van der Waals surface area contributed by atoms with Gasteiger partial charge in [0.15, 0.2) is 0 Å². The van der Waals surface area contributed by atoms with Crippen LogP contribution in [0.4, 0.5) is 0 Å². The molecule has 3 heteroatoms. The van der Waals surface area contributed by atoms with Crippen molar-refractivity contribution in [3.63, 3.8) is 0 Å². The molecular weight excluding hydrogens is 355 g/mol. The van der Waals surface area contributed by atoms with E-state index in [4.69, 9.17) is 5.32 Å². The first-order chi connectivity index (χ1) is 5.41. The predicted octanol–water partition coefficient (Wildman–Crippen LogP) is 3.79. The monoisotopic (exact) mass is 372 g/mol. The molecule has 1 saturated heterocycles. The van der Waals surface area contributed by atoms with Crippen molar-refractivity contribution in [2.24, 2.45) is 0 Å². The molecule has 0 saturated carbocycles. The molecule has 0 radical (unpaired) electrons. The Morgan fingerprint density at radius 2 is 1.33 bits per heavy atom. The van der Waals surface area contributed by atoms with Gasteiger partial charge in [-0.3, -0.25) is 0 Å². The van der Waals surface area contributed by atoms with Gasteiger partial charge in [0.25, 0.3) is 0 Å². The summed E-state index contributed by atoms with van der Waals surface area (Å²) in [6, 6.07) is 0. The fourth-order valence-corrected chi connectivity index (χ4v) is 1.88. The molecule has 0 aromatic rings. The maximum atomic E-state index is 4.75. The Morgan fingerprint density at radius 3 is 1.50 bits per heavy atom. The maximum absolute atomic E-state index is 4.75. The van der Waals surface area contributed by atoms with Crippen LogP contribution in [0.25, 0.3) is 5.32 Å². The summed E-state index contributed by atoms with van der Waals surface area (Å²) in [5.74, 6) is 0. The molecule has 0 amide bonds. The second-order valence-electron chi connectivity index (χ2n) is 4.59. The van der Waals surface area contributed by atoms with E-state index in [2.05, 4.69) is 36.9 Å². The van der Waals surface area contributed by atoms with E-state index in [1.807, 2.05) is 0 Å². The van der Waals surface area contributed by atoms with Crippen molar-refractivity contribution >= 4 is 9.19 Å². The van der Waals surface area contributed by atoms with Crippen LogP contribution >= 0.6 is 9.19 Å². The van der Waals surface area contributed by atoms with Crippen molar-refractivity contribution in [3.05, 3.63) is 5.32 Å². The van der Waals surface area contributed by atoms with E-state index in [9.17, 15) is 0 Å². The first-order valence-corrected chi connectivity index (χ1v) is 6.95. The second kappa shape index (κ2) is 5.02. The van der Waals surface area contributed by atoms with Crippen LogP contribution in [0.5, 0.6) is 0 Å². The van der Waals surface area contributed by atoms with E-state index >= 15 is 0 Å². The minimum absolute atomic E-state index is 0.238. The van der Waals surface area contributed by atoms with Gasteiger partial charge in [-0.25, -0.2) is 0 Å². The van der Waals surface area contributed by atoms with E-state index in [0.29, 0.717) is 0 Å². The van der Waals surface area contributed by atoms with Crippen LogP contribution in [0.1, 0.15) is 47.0 Å². The Hall–Kier alpha value is 0.990. The molecule has 0 spiro atoms. The van der Waals surface area contributed by atoms with Gasteiger partial charge in [0.2, 0.25) is 0 Å². The van der Waals surface area contributed by atoms with Crippen LogP contribution in [0, 0.1) is 0 Å². The zero-order valence-electron chi connectivity index (χ0n) is 8.25. The minimum atomic E-state index is 0.238. The van der Waals surface area contributed by atoms with Crippen molar-refractivity contribution in [2.45, 2.75) is 58.0 Å². The summed E-state index contributed by atoms with van der Waals surface area (Å²) in [4.78, 5) is 0. The average molecular weight is 373 g/mol. The number of hydrogen-bond donors (Lipinski definition) is 0. The molecule has 0 aromatic carbocycles. The molecule has 1 nitrogen and oxygen atoms in total. The van der Waals surface area contributed by atoms with Crippen LogP contribution in [0.2, 0.25) is 0 Å². The SMILES string of the molecule is CC1(C)CCCC(C)(C)[N-]1.[Cl][Au]. The summed E-state index contributed by atoms with van der Waals surface area (Å²) in [6.07, 6.45) is 3.86. The molecule has 78 valence electrons. The van der Waals surface area contributed by atoms with Gasteiger partial charge < -0.3 is 5.32 Å².